The fourth-order valence-electron chi connectivity index (χ4n) is 3.52. The summed E-state index contributed by atoms with van der Waals surface area (Å²) in [5, 5.41) is 3.58. The second-order valence-electron chi connectivity index (χ2n) is 6.42. The summed E-state index contributed by atoms with van der Waals surface area (Å²) in [6.07, 6.45) is 2.73. The number of benzene rings is 1. The fourth-order valence-corrected chi connectivity index (χ4v) is 3.52. The molecule has 4 unspecified atom stereocenters. The van der Waals surface area contributed by atoms with Crippen molar-refractivity contribution >= 4 is 5.69 Å². The van der Waals surface area contributed by atoms with Crippen LogP contribution in [0.4, 0.5) is 5.69 Å². The highest BCUT2D eigenvalue weighted by molar-refractivity contribution is 5.58. The van der Waals surface area contributed by atoms with Gasteiger partial charge in [0.05, 0.1) is 19.5 Å². The molecule has 0 saturated carbocycles. The Morgan fingerprint density at radius 3 is 2.87 bits per heavy atom. The van der Waals surface area contributed by atoms with E-state index >= 15 is 0 Å². The van der Waals surface area contributed by atoms with Gasteiger partial charge in [0.25, 0.3) is 0 Å². The van der Waals surface area contributed by atoms with Crippen LogP contribution in [0.3, 0.4) is 0 Å². The van der Waals surface area contributed by atoms with Gasteiger partial charge >= 0.3 is 0 Å². The van der Waals surface area contributed by atoms with Crippen LogP contribution in [0.1, 0.15) is 55.2 Å². The molecular formula is C19H23NO3. The van der Waals surface area contributed by atoms with Crippen molar-refractivity contribution in [2.45, 2.75) is 44.4 Å². The zero-order chi connectivity index (χ0) is 15.8. The van der Waals surface area contributed by atoms with Gasteiger partial charge in [-0.05, 0) is 36.1 Å². The summed E-state index contributed by atoms with van der Waals surface area (Å²) >= 11 is 0. The molecule has 1 aromatic carbocycles. The monoisotopic (exact) mass is 313 g/mol. The van der Waals surface area contributed by atoms with Crippen LogP contribution in [0.2, 0.25) is 0 Å². The minimum absolute atomic E-state index is 0.0164. The van der Waals surface area contributed by atoms with Crippen molar-refractivity contribution in [3.05, 3.63) is 53.5 Å². The van der Waals surface area contributed by atoms with Gasteiger partial charge in [-0.15, -0.1) is 0 Å². The van der Waals surface area contributed by atoms with Crippen LogP contribution in [-0.2, 0) is 9.47 Å². The summed E-state index contributed by atoms with van der Waals surface area (Å²) in [5.41, 5.74) is 3.68. The predicted octanol–water partition coefficient (Wildman–Crippen LogP) is 4.42. The maximum atomic E-state index is 6.10. The van der Waals surface area contributed by atoms with Gasteiger partial charge in [-0.25, -0.2) is 0 Å². The van der Waals surface area contributed by atoms with E-state index in [1.807, 2.05) is 12.1 Å². The Morgan fingerprint density at radius 2 is 2.09 bits per heavy atom. The van der Waals surface area contributed by atoms with E-state index in [-0.39, 0.29) is 18.2 Å². The number of nitrogens with one attached hydrogen (secondary N) is 1. The number of hydrogen-bond donors (Lipinski definition) is 1. The Balaban J connectivity index is 1.74. The lowest BCUT2D eigenvalue weighted by atomic mass is 9.87. The molecule has 0 amide bonds. The van der Waals surface area contributed by atoms with E-state index in [1.165, 1.54) is 11.1 Å². The van der Waals surface area contributed by atoms with Crippen LogP contribution in [0.5, 0.6) is 0 Å². The lowest BCUT2D eigenvalue weighted by Crippen LogP contribution is -2.43. The average molecular weight is 313 g/mol. The number of rotatable bonds is 3. The summed E-state index contributed by atoms with van der Waals surface area (Å²) in [6, 6.07) is 10.5. The lowest BCUT2D eigenvalue weighted by molar-refractivity contribution is -0.152. The third-order valence-corrected chi connectivity index (χ3v) is 5.04. The number of hydrogen-bond acceptors (Lipinski definition) is 4. The molecule has 4 rings (SSSR count). The van der Waals surface area contributed by atoms with Crippen LogP contribution in [0.25, 0.3) is 0 Å². The van der Waals surface area contributed by atoms with Gasteiger partial charge in [-0.3, -0.25) is 0 Å². The second-order valence-corrected chi connectivity index (χ2v) is 6.42. The predicted molar refractivity (Wildman–Crippen MR) is 88.7 cm³/mol. The average Bonchev–Trinajstić information content (AvgIpc) is 3.14. The van der Waals surface area contributed by atoms with Crippen LogP contribution in [-0.4, -0.2) is 19.3 Å². The zero-order valence-corrected chi connectivity index (χ0v) is 13.6. The molecular weight excluding hydrogens is 290 g/mol. The molecule has 122 valence electrons. The summed E-state index contributed by atoms with van der Waals surface area (Å²) in [5.74, 6) is 1.44. The first-order valence-corrected chi connectivity index (χ1v) is 8.45. The van der Waals surface area contributed by atoms with Gasteiger partial charge in [0.1, 0.15) is 24.0 Å². The van der Waals surface area contributed by atoms with Gasteiger partial charge in [0.15, 0.2) is 0 Å². The van der Waals surface area contributed by atoms with Gasteiger partial charge in [0, 0.05) is 11.3 Å². The van der Waals surface area contributed by atoms with E-state index in [2.05, 4.69) is 37.4 Å². The molecule has 1 aromatic heterocycles. The highest BCUT2D eigenvalue weighted by Crippen LogP contribution is 2.45. The Bertz CT molecular complexity index is 667. The largest absolute Gasteiger partial charge is 0.467 e. The van der Waals surface area contributed by atoms with E-state index < -0.39 is 0 Å². The van der Waals surface area contributed by atoms with E-state index in [9.17, 15) is 0 Å². The van der Waals surface area contributed by atoms with Crippen molar-refractivity contribution < 1.29 is 13.9 Å². The minimum Gasteiger partial charge on any atom is -0.467 e. The molecule has 1 N–H and O–H groups in total. The maximum Gasteiger partial charge on any atom is 0.128 e. The lowest BCUT2D eigenvalue weighted by Gasteiger charge is -2.42. The minimum atomic E-state index is -0.0606. The summed E-state index contributed by atoms with van der Waals surface area (Å²) < 4.78 is 17.8. The molecule has 0 bridgehead atoms. The number of ether oxygens (including phenoxy) is 2. The molecule has 2 aliphatic rings. The van der Waals surface area contributed by atoms with E-state index in [1.54, 1.807) is 6.26 Å². The molecule has 3 heterocycles. The molecule has 0 spiro atoms. The Labute approximate surface area is 136 Å². The van der Waals surface area contributed by atoms with E-state index in [0.717, 1.165) is 17.9 Å². The number of anilines is 1. The van der Waals surface area contributed by atoms with Crippen molar-refractivity contribution in [3.8, 4) is 0 Å². The maximum absolute atomic E-state index is 6.10. The highest BCUT2D eigenvalue weighted by atomic mass is 16.6. The first-order chi connectivity index (χ1) is 11.3. The molecule has 23 heavy (non-hydrogen) atoms. The molecule has 1 fully saturated rings. The fraction of sp³-hybridized carbons (Fsp3) is 0.474. The Kier molecular flexibility index (Phi) is 3.87. The normalized spacial score (nSPS) is 27.7. The molecule has 2 aromatic rings. The smallest absolute Gasteiger partial charge is 0.128 e. The second kappa shape index (κ2) is 6.02. The van der Waals surface area contributed by atoms with Crippen LogP contribution in [0, 0.1) is 0 Å². The topological polar surface area (TPSA) is 43.6 Å². The zero-order valence-electron chi connectivity index (χ0n) is 13.6. The Hall–Kier alpha value is -1.78. The summed E-state index contributed by atoms with van der Waals surface area (Å²) in [4.78, 5) is 0. The molecule has 1 saturated heterocycles. The van der Waals surface area contributed by atoms with Gasteiger partial charge < -0.3 is 19.2 Å². The first-order valence-electron chi connectivity index (χ1n) is 8.45. The molecule has 0 aliphatic carbocycles. The van der Waals surface area contributed by atoms with Gasteiger partial charge in [0.2, 0.25) is 0 Å². The van der Waals surface area contributed by atoms with Crippen molar-refractivity contribution in [2.75, 3.05) is 18.5 Å². The SMILES string of the molecule is CCC(C)c1ccc2c(c1)C1OCCOC1C(c1ccco1)N2. The molecule has 2 aliphatic heterocycles. The van der Waals surface area contributed by atoms with E-state index in [4.69, 9.17) is 13.9 Å². The van der Waals surface area contributed by atoms with Crippen molar-refractivity contribution in [2.24, 2.45) is 0 Å². The van der Waals surface area contributed by atoms with Crippen LogP contribution >= 0.6 is 0 Å². The van der Waals surface area contributed by atoms with Gasteiger partial charge in [-0.2, -0.15) is 0 Å². The van der Waals surface area contributed by atoms with Crippen molar-refractivity contribution in [1.29, 1.82) is 0 Å². The number of fused-ring (bicyclic) bond motifs is 3. The molecule has 0 radical (unpaired) electrons. The highest BCUT2D eigenvalue weighted by Gasteiger charge is 2.42. The molecule has 4 nitrogen and oxygen atoms in total. The standard InChI is InChI=1S/C19H23NO3/c1-3-12(2)13-6-7-15-14(11-13)18-19(23-10-9-22-18)17(20-15)16-5-4-8-21-16/h4-8,11-12,17-20H,3,9-10H2,1-2H3. The van der Waals surface area contributed by atoms with Crippen molar-refractivity contribution in [1.82, 2.24) is 0 Å². The van der Waals surface area contributed by atoms with Gasteiger partial charge in [-0.1, -0.05) is 26.0 Å². The molecule has 4 heteroatoms. The third-order valence-electron chi connectivity index (χ3n) is 5.04. The van der Waals surface area contributed by atoms with Crippen LogP contribution < -0.4 is 5.32 Å². The Morgan fingerprint density at radius 1 is 1.22 bits per heavy atom. The van der Waals surface area contributed by atoms with Crippen molar-refractivity contribution in [3.63, 3.8) is 0 Å². The summed E-state index contributed by atoms with van der Waals surface area (Å²) in [7, 11) is 0. The third kappa shape index (κ3) is 2.56. The van der Waals surface area contributed by atoms with Crippen LogP contribution in [0.15, 0.2) is 41.0 Å². The van der Waals surface area contributed by atoms with E-state index in [0.29, 0.717) is 19.1 Å². The quantitative estimate of drug-likeness (QED) is 0.911. The number of furan rings is 1. The molecule has 4 atom stereocenters. The first kappa shape index (κ1) is 14.8. The summed E-state index contributed by atoms with van der Waals surface area (Å²) in [6.45, 7) is 5.75.